The summed E-state index contributed by atoms with van der Waals surface area (Å²) in [5.74, 6) is -2.30. The Labute approximate surface area is 216 Å². The van der Waals surface area contributed by atoms with Gasteiger partial charge in [-0.15, -0.1) is 0 Å². The number of aromatic nitrogens is 1. The number of ether oxygens (including phenoxy) is 1. The lowest BCUT2D eigenvalue weighted by molar-refractivity contribution is -0.145. The highest BCUT2D eigenvalue weighted by Crippen LogP contribution is 2.18. The van der Waals surface area contributed by atoms with Crippen LogP contribution in [0.3, 0.4) is 0 Å². The van der Waals surface area contributed by atoms with Gasteiger partial charge in [-0.1, -0.05) is 37.3 Å². The van der Waals surface area contributed by atoms with Gasteiger partial charge in [0.1, 0.15) is 11.9 Å². The fraction of sp³-hybridized carbons (Fsp3) is 0.310. The van der Waals surface area contributed by atoms with E-state index in [0.717, 1.165) is 16.8 Å². The number of carbonyl (C=O) groups is 3. The lowest BCUT2D eigenvalue weighted by Crippen LogP contribution is -2.54. The zero-order valence-corrected chi connectivity index (χ0v) is 21.5. The Morgan fingerprint density at radius 2 is 1.68 bits per heavy atom. The maximum atomic E-state index is 13.3. The molecule has 0 radical (unpaired) electrons. The first kappa shape index (κ1) is 27.5. The van der Waals surface area contributed by atoms with Gasteiger partial charge in [-0.05, 0) is 68.7 Å². The Morgan fingerprint density at radius 1 is 1.00 bits per heavy atom. The maximum Gasteiger partial charge on any atom is 0.308 e. The normalized spacial score (nSPS) is 12.8. The number of amides is 2. The predicted molar refractivity (Wildman–Crippen MR) is 139 cm³/mol. The molecule has 0 saturated heterocycles. The Balaban J connectivity index is 1.74. The average Bonchev–Trinajstić information content (AvgIpc) is 2.89. The zero-order valence-electron chi connectivity index (χ0n) is 21.5. The Kier molecular flexibility index (Phi) is 9.11. The van der Waals surface area contributed by atoms with E-state index in [1.807, 2.05) is 32.0 Å². The third kappa shape index (κ3) is 7.96. The molecule has 3 aromatic rings. The highest BCUT2D eigenvalue weighted by Gasteiger charge is 2.30. The average molecular weight is 506 g/mol. The number of pyridine rings is 1. The van der Waals surface area contributed by atoms with E-state index in [-0.39, 0.29) is 12.2 Å². The molecule has 0 fully saturated rings. The zero-order chi connectivity index (χ0) is 27.0. The largest absolute Gasteiger partial charge is 0.469 e. The minimum absolute atomic E-state index is 0.0584. The summed E-state index contributed by atoms with van der Waals surface area (Å²) < 4.78 is 18.1. The molecule has 0 aliphatic heterocycles. The van der Waals surface area contributed by atoms with Crippen molar-refractivity contribution in [3.8, 4) is 11.3 Å². The molecule has 0 spiro atoms. The fourth-order valence-corrected chi connectivity index (χ4v) is 4.03. The van der Waals surface area contributed by atoms with Crippen LogP contribution >= 0.6 is 0 Å². The van der Waals surface area contributed by atoms with Crippen molar-refractivity contribution in [3.63, 3.8) is 0 Å². The Bertz CT molecular complexity index is 1210. The molecule has 2 atom stereocenters. The second-order valence-electron chi connectivity index (χ2n) is 9.65. The van der Waals surface area contributed by atoms with Crippen LogP contribution in [0.4, 0.5) is 4.39 Å². The minimum Gasteiger partial charge on any atom is -0.469 e. The van der Waals surface area contributed by atoms with Gasteiger partial charge >= 0.3 is 5.97 Å². The monoisotopic (exact) mass is 505 g/mol. The maximum absolute atomic E-state index is 13.3. The van der Waals surface area contributed by atoms with Gasteiger partial charge in [-0.3, -0.25) is 19.4 Å². The van der Waals surface area contributed by atoms with Crippen molar-refractivity contribution in [3.05, 3.63) is 89.9 Å². The van der Waals surface area contributed by atoms with Gasteiger partial charge in [0.2, 0.25) is 5.91 Å². The molecular formula is C29H32FN3O4. The summed E-state index contributed by atoms with van der Waals surface area (Å²) in [4.78, 5) is 42.7. The van der Waals surface area contributed by atoms with Gasteiger partial charge in [0, 0.05) is 22.9 Å². The number of hydrogen-bond donors (Lipinski definition) is 2. The first-order valence-corrected chi connectivity index (χ1v) is 12.0. The molecule has 3 rings (SSSR count). The van der Waals surface area contributed by atoms with Crippen molar-refractivity contribution in [2.45, 2.75) is 45.2 Å². The lowest BCUT2D eigenvalue weighted by Gasteiger charge is -2.30. The summed E-state index contributed by atoms with van der Waals surface area (Å²) in [5, 5.41) is 5.73. The van der Waals surface area contributed by atoms with Gasteiger partial charge in [-0.2, -0.15) is 0 Å². The molecule has 0 bridgehead atoms. The van der Waals surface area contributed by atoms with Crippen LogP contribution in [0.25, 0.3) is 11.3 Å². The molecule has 2 N–H and O–H groups in total. The summed E-state index contributed by atoms with van der Waals surface area (Å²) in [6.07, 6.45) is 2.20. The van der Waals surface area contributed by atoms with E-state index in [2.05, 4.69) is 15.6 Å². The van der Waals surface area contributed by atoms with Crippen molar-refractivity contribution in [1.29, 1.82) is 0 Å². The van der Waals surface area contributed by atoms with E-state index in [4.69, 9.17) is 4.74 Å². The van der Waals surface area contributed by atoms with Crippen LogP contribution < -0.4 is 10.6 Å². The predicted octanol–water partition coefficient (Wildman–Crippen LogP) is 4.32. The van der Waals surface area contributed by atoms with E-state index in [1.165, 1.54) is 19.2 Å². The van der Waals surface area contributed by atoms with Gasteiger partial charge in [0.25, 0.3) is 5.91 Å². The van der Waals surface area contributed by atoms with Crippen LogP contribution in [0.5, 0.6) is 0 Å². The molecule has 1 aromatic heterocycles. The molecule has 0 aliphatic carbocycles. The van der Waals surface area contributed by atoms with Crippen LogP contribution in [0.1, 0.15) is 43.1 Å². The lowest BCUT2D eigenvalue weighted by atomic mass is 9.93. The number of nitrogens with one attached hydrogen (secondary N) is 2. The second-order valence-corrected chi connectivity index (χ2v) is 9.65. The molecule has 37 heavy (non-hydrogen) atoms. The molecular weight excluding hydrogens is 473 g/mol. The number of methoxy groups -OCH3 is 1. The molecule has 7 nitrogen and oxygen atoms in total. The van der Waals surface area contributed by atoms with Crippen LogP contribution in [0.2, 0.25) is 0 Å². The van der Waals surface area contributed by atoms with Gasteiger partial charge in [0.15, 0.2) is 0 Å². The smallest absolute Gasteiger partial charge is 0.308 e. The standard InChI is InChI=1S/C29H32FN3O4/c1-19(28(36)37-4)17-25(27(35)33-29(2,3)18-20-8-14-23(30)15-9-20)32-26(34)22-12-10-21(11-13-22)24-7-5-6-16-31-24/h5-16,19,25H,17-18H2,1-4H3,(H,32,34)(H,33,35)/t19-,25-/m0/s1. The summed E-state index contributed by atoms with van der Waals surface area (Å²) in [6, 6.07) is 17.6. The SMILES string of the molecule is COC(=O)[C@@H](C)C[C@H](NC(=O)c1ccc(-c2ccccn2)cc1)C(=O)NC(C)(C)Cc1ccc(F)cc1. The quantitative estimate of drug-likeness (QED) is 0.400. The number of carbonyl (C=O) groups excluding carboxylic acids is 3. The molecule has 0 saturated carbocycles. The number of rotatable bonds is 10. The molecule has 194 valence electrons. The first-order chi connectivity index (χ1) is 17.6. The molecule has 1 heterocycles. The van der Waals surface area contributed by atoms with E-state index >= 15 is 0 Å². The van der Waals surface area contributed by atoms with Gasteiger partial charge < -0.3 is 15.4 Å². The van der Waals surface area contributed by atoms with E-state index in [0.29, 0.717) is 12.0 Å². The van der Waals surface area contributed by atoms with Gasteiger partial charge in [0.05, 0.1) is 18.7 Å². The summed E-state index contributed by atoms with van der Waals surface area (Å²) in [7, 11) is 1.28. The topological polar surface area (TPSA) is 97.4 Å². The first-order valence-electron chi connectivity index (χ1n) is 12.0. The van der Waals surface area contributed by atoms with Crippen molar-refractivity contribution in [2.75, 3.05) is 7.11 Å². The van der Waals surface area contributed by atoms with Crippen LogP contribution in [-0.2, 0) is 20.7 Å². The fourth-order valence-electron chi connectivity index (χ4n) is 4.03. The van der Waals surface area contributed by atoms with Crippen LogP contribution in [0, 0.1) is 11.7 Å². The molecule has 0 unspecified atom stereocenters. The molecule has 0 aliphatic rings. The third-order valence-electron chi connectivity index (χ3n) is 5.94. The number of hydrogen-bond acceptors (Lipinski definition) is 5. The number of nitrogens with zero attached hydrogens (tertiary/aromatic N) is 1. The number of esters is 1. The van der Waals surface area contributed by atoms with E-state index < -0.39 is 35.3 Å². The van der Waals surface area contributed by atoms with E-state index in [1.54, 1.807) is 49.5 Å². The van der Waals surface area contributed by atoms with Gasteiger partial charge in [-0.25, -0.2) is 4.39 Å². The Hall–Kier alpha value is -4.07. The second kappa shape index (κ2) is 12.3. The molecule has 2 aromatic carbocycles. The number of benzene rings is 2. The molecule has 2 amide bonds. The van der Waals surface area contributed by atoms with Crippen molar-refractivity contribution < 1.29 is 23.5 Å². The highest BCUT2D eigenvalue weighted by molar-refractivity contribution is 5.98. The van der Waals surface area contributed by atoms with Crippen molar-refractivity contribution >= 4 is 17.8 Å². The molecule has 8 heteroatoms. The van der Waals surface area contributed by atoms with Crippen LogP contribution in [0.15, 0.2) is 72.9 Å². The van der Waals surface area contributed by atoms with Crippen molar-refractivity contribution in [2.24, 2.45) is 5.92 Å². The summed E-state index contributed by atoms with van der Waals surface area (Å²) in [5.41, 5.74) is 2.16. The number of halogens is 1. The minimum atomic E-state index is -0.982. The van der Waals surface area contributed by atoms with Crippen molar-refractivity contribution in [1.82, 2.24) is 15.6 Å². The van der Waals surface area contributed by atoms with Crippen LogP contribution in [-0.4, -0.2) is 41.5 Å². The summed E-state index contributed by atoms with van der Waals surface area (Å²) in [6.45, 7) is 5.32. The Morgan fingerprint density at radius 3 is 2.27 bits per heavy atom. The third-order valence-corrected chi connectivity index (χ3v) is 5.94. The summed E-state index contributed by atoms with van der Waals surface area (Å²) >= 11 is 0. The van der Waals surface area contributed by atoms with E-state index in [9.17, 15) is 18.8 Å². The highest BCUT2D eigenvalue weighted by atomic mass is 19.1.